The third-order valence-corrected chi connectivity index (χ3v) is 6.08. The minimum absolute atomic E-state index is 0.0773. The molecular weight excluding hydrogens is 388 g/mol. The Hall–Kier alpha value is -1.43. The van der Waals surface area contributed by atoms with E-state index in [2.05, 4.69) is 30.3 Å². The lowest BCUT2D eigenvalue weighted by molar-refractivity contribution is -0.113. The largest absolute Gasteiger partial charge is 0.394 e. The highest BCUT2D eigenvalue weighted by Crippen LogP contribution is 2.33. The molecule has 2 aromatic carbocycles. The molecule has 3 atom stereocenters. The second kappa shape index (κ2) is 9.59. The molecule has 0 radical (unpaired) electrons. The Kier molecular flexibility index (Phi) is 6.88. The number of halogens is 1. The van der Waals surface area contributed by atoms with Gasteiger partial charge in [0.25, 0.3) is 0 Å². The number of benzene rings is 2. The first-order valence-corrected chi connectivity index (χ1v) is 10.9. The predicted molar refractivity (Wildman–Crippen MR) is 113 cm³/mol. The van der Waals surface area contributed by atoms with E-state index < -0.39 is 6.10 Å². The van der Waals surface area contributed by atoms with Crippen LogP contribution in [-0.2, 0) is 22.3 Å². The van der Waals surface area contributed by atoms with Gasteiger partial charge >= 0.3 is 0 Å². The summed E-state index contributed by atoms with van der Waals surface area (Å²) < 4.78 is 11.7. The lowest BCUT2D eigenvalue weighted by Crippen LogP contribution is -2.33. The second-order valence-electron chi connectivity index (χ2n) is 8.22. The van der Waals surface area contributed by atoms with Crippen LogP contribution in [0.2, 0.25) is 5.02 Å². The maximum absolute atomic E-state index is 10.1. The van der Waals surface area contributed by atoms with E-state index in [0.717, 1.165) is 35.6 Å². The molecule has 156 valence electrons. The minimum Gasteiger partial charge on any atom is -0.394 e. The van der Waals surface area contributed by atoms with Crippen molar-refractivity contribution in [2.45, 2.75) is 62.9 Å². The van der Waals surface area contributed by atoms with Crippen molar-refractivity contribution in [1.82, 2.24) is 0 Å². The van der Waals surface area contributed by atoms with Crippen molar-refractivity contribution >= 4 is 11.6 Å². The first-order chi connectivity index (χ1) is 14.1. The number of hydrogen-bond donors (Lipinski definition) is 2. The van der Waals surface area contributed by atoms with Crippen molar-refractivity contribution < 1.29 is 19.7 Å². The fourth-order valence-electron chi connectivity index (χ4n) is 3.87. The van der Waals surface area contributed by atoms with Crippen molar-refractivity contribution in [3.05, 3.63) is 69.7 Å². The fourth-order valence-corrected chi connectivity index (χ4v) is 4.06. The number of ether oxygens (including phenoxy) is 2. The van der Waals surface area contributed by atoms with Gasteiger partial charge in [0.2, 0.25) is 0 Å². The minimum atomic E-state index is -0.457. The van der Waals surface area contributed by atoms with E-state index in [4.69, 9.17) is 21.1 Å². The van der Waals surface area contributed by atoms with Crippen LogP contribution in [0.1, 0.15) is 54.0 Å². The molecule has 4 rings (SSSR count). The summed E-state index contributed by atoms with van der Waals surface area (Å²) in [5, 5.41) is 20.2. The highest BCUT2D eigenvalue weighted by Gasteiger charge is 2.29. The first-order valence-electron chi connectivity index (χ1n) is 10.5. The van der Waals surface area contributed by atoms with Crippen molar-refractivity contribution in [1.29, 1.82) is 0 Å². The van der Waals surface area contributed by atoms with Gasteiger partial charge in [0, 0.05) is 17.9 Å². The summed E-state index contributed by atoms with van der Waals surface area (Å²) in [6, 6.07) is 14.5. The third-order valence-electron chi connectivity index (χ3n) is 5.71. The Bertz CT molecular complexity index is 803. The van der Waals surface area contributed by atoms with Gasteiger partial charge in [-0.05, 0) is 54.0 Å². The van der Waals surface area contributed by atoms with Gasteiger partial charge in [0.05, 0.1) is 37.6 Å². The van der Waals surface area contributed by atoms with Gasteiger partial charge < -0.3 is 19.7 Å². The normalized spacial score (nSPS) is 24.6. The zero-order valence-corrected chi connectivity index (χ0v) is 17.4. The molecule has 1 saturated carbocycles. The molecule has 3 unspecified atom stereocenters. The quantitative estimate of drug-likeness (QED) is 0.676. The van der Waals surface area contributed by atoms with E-state index in [1.54, 1.807) is 0 Å². The van der Waals surface area contributed by atoms with Crippen molar-refractivity contribution in [2.24, 2.45) is 0 Å². The Balaban J connectivity index is 1.40. The molecule has 0 bridgehead atoms. The molecule has 0 aromatic heterocycles. The Morgan fingerprint density at radius 2 is 1.79 bits per heavy atom. The van der Waals surface area contributed by atoms with Crippen LogP contribution in [0.25, 0.3) is 0 Å². The fraction of sp³-hybridized carbons (Fsp3) is 0.500. The lowest BCUT2D eigenvalue weighted by Gasteiger charge is -2.32. The summed E-state index contributed by atoms with van der Waals surface area (Å²) in [6.07, 6.45) is 4.63. The molecule has 0 amide bonds. The molecule has 2 aromatic rings. The first kappa shape index (κ1) is 20.8. The maximum atomic E-state index is 10.1. The van der Waals surface area contributed by atoms with E-state index >= 15 is 0 Å². The summed E-state index contributed by atoms with van der Waals surface area (Å²) in [4.78, 5) is 0. The summed E-state index contributed by atoms with van der Waals surface area (Å²) in [5.74, 6) is 0. The highest BCUT2D eigenvalue weighted by atomic mass is 35.5. The van der Waals surface area contributed by atoms with Gasteiger partial charge in [-0.2, -0.15) is 0 Å². The van der Waals surface area contributed by atoms with Crippen LogP contribution in [0.5, 0.6) is 0 Å². The average Bonchev–Trinajstić information content (AvgIpc) is 3.55. The molecule has 1 aliphatic heterocycles. The standard InChI is InChI=1S/C24H29ClO4/c25-23-8-5-18(24-14-20(27)13-22(15-26)29-24)12-19(23)11-17-3-1-16(2-4-17)9-10-28-21-6-7-21/h1-5,8,12,20-22,24,26-27H,6-7,9-11,13-15H2. The van der Waals surface area contributed by atoms with Crippen molar-refractivity contribution in [3.63, 3.8) is 0 Å². The van der Waals surface area contributed by atoms with E-state index in [9.17, 15) is 10.2 Å². The van der Waals surface area contributed by atoms with Crippen LogP contribution in [0.4, 0.5) is 0 Å². The molecule has 1 aliphatic carbocycles. The van der Waals surface area contributed by atoms with Crippen LogP contribution in [0.3, 0.4) is 0 Å². The van der Waals surface area contributed by atoms with Crippen molar-refractivity contribution in [2.75, 3.05) is 13.2 Å². The second-order valence-corrected chi connectivity index (χ2v) is 8.63. The van der Waals surface area contributed by atoms with Crippen LogP contribution in [-0.4, -0.2) is 41.7 Å². The van der Waals surface area contributed by atoms with E-state index in [-0.39, 0.29) is 18.8 Å². The van der Waals surface area contributed by atoms with Crippen molar-refractivity contribution in [3.8, 4) is 0 Å². The topological polar surface area (TPSA) is 58.9 Å². The van der Waals surface area contributed by atoms with Gasteiger partial charge in [0.1, 0.15) is 0 Å². The van der Waals surface area contributed by atoms with E-state index in [1.165, 1.54) is 24.0 Å². The molecule has 5 heteroatoms. The van der Waals surface area contributed by atoms with Crippen LogP contribution in [0, 0.1) is 0 Å². The molecule has 2 N–H and O–H groups in total. The van der Waals surface area contributed by atoms with Gasteiger partial charge in [-0.15, -0.1) is 0 Å². The van der Waals surface area contributed by atoms with Gasteiger partial charge in [-0.3, -0.25) is 0 Å². The molecule has 1 saturated heterocycles. The van der Waals surface area contributed by atoms with E-state index in [0.29, 0.717) is 18.9 Å². The Morgan fingerprint density at radius 1 is 1.03 bits per heavy atom. The Morgan fingerprint density at radius 3 is 2.52 bits per heavy atom. The summed E-state index contributed by atoms with van der Waals surface area (Å²) in [6.45, 7) is 0.714. The van der Waals surface area contributed by atoms with Gasteiger partial charge in [0.15, 0.2) is 0 Å². The maximum Gasteiger partial charge on any atom is 0.0854 e. The summed E-state index contributed by atoms with van der Waals surface area (Å²) >= 11 is 6.46. The van der Waals surface area contributed by atoms with E-state index in [1.807, 2.05) is 12.1 Å². The highest BCUT2D eigenvalue weighted by molar-refractivity contribution is 6.31. The molecule has 0 spiro atoms. The zero-order chi connectivity index (χ0) is 20.2. The van der Waals surface area contributed by atoms with Gasteiger partial charge in [-0.1, -0.05) is 48.0 Å². The summed E-state index contributed by atoms with van der Waals surface area (Å²) in [5.41, 5.74) is 4.52. The van der Waals surface area contributed by atoms with Crippen LogP contribution in [0.15, 0.2) is 42.5 Å². The number of aliphatic hydroxyl groups excluding tert-OH is 2. The lowest BCUT2D eigenvalue weighted by atomic mass is 9.94. The predicted octanol–water partition coefficient (Wildman–Crippen LogP) is 4.23. The molecule has 29 heavy (non-hydrogen) atoms. The number of rotatable bonds is 8. The molecule has 2 aliphatic rings. The Labute approximate surface area is 177 Å². The molecule has 1 heterocycles. The number of hydrogen-bond acceptors (Lipinski definition) is 4. The van der Waals surface area contributed by atoms with Crippen LogP contribution >= 0.6 is 11.6 Å². The SMILES string of the molecule is OCC1CC(O)CC(c2ccc(Cl)c(Cc3ccc(CCOC4CC4)cc3)c2)O1. The summed E-state index contributed by atoms with van der Waals surface area (Å²) in [7, 11) is 0. The third kappa shape index (κ3) is 5.80. The van der Waals surface area contributed by atoms with Gasteiger partial charge in [-0.25, -0.2) is 0 Å². The number of aliphatic hydroxyl groups is 2. The molecule has 4 nitrogen and oxygen atoms in total. The monoisotopic (exact) mass is 416 g/mol. The van der Waals surface area contributed by atoms with Crippen LogP contribution < -0.4 is 0 Å². The molecular formula is C24H29ClO4. The average molecular weight is 417 g/mol. The smallest absolute Gasteiger partial charge is 0.0854 e. The molecule has 2 fully saturated rings. The zero-order valence-electron chi connectivity index (χ0n) is 16.6.